The van der Waals surface area contributed by atoms with Crippen LogP contribution in [0.1, 0.15) is 31.2 Å². The minimum absolute atomic E-state index is 0.0545. The van der Waals surface area contributed by atoms with Crippen molar-refractivity contribution in [1.29, 1.82) is 0 Å². The predicted molar refractivity (Wildman–Crippen MR) is 143 cm³/mol. The number of non-ortho nitro benzene ring substituents is 1. The second-order valence-corrected chi connectivity index (χ2v) is 9.75. The van der Waals surface area contributed by atoms with Gasteiger partial charge in [-0.1, -0.05) is 53.3 Å². The van der Waals surface area contributed by atoms with E-state index in [2.05, 4.69) is 4.99 Å². The van der Waals surface area contributed by atoms with Crippen LogP contribution in [0, 0.1) is 10.1 Å². The summed E-state index contributed by atoms with van der Waals surface area (Å²) in [5.41, 5.74) is 1.36. The second kappa shape index (κ2) is 10.2. The van der Waals surface area contributed by atoms with Crippen molar-refractivity contribution in [2.45, 2.75) is 19.9 Å². The SMILES string of the molecule is CCOC(=O)C1=C(C)N=c2sc(=Cc3ccc(-c4cccc([N+](=O)[O-])c4)o3)c(=O)n2C1c1ccccc1Cl. The minimum Gasteiger partial charge on any atom is -0.463 e. The lowest BCUT2D eigenvalue weighted by molar-refractivity contribution is -0.384. The third kappa shape index (κ3) is 4.59. The lowest BCUT2D eigenvalue weighted by atomic mass is 9.96. The number of nitro benzene ring substituents is 1. The van der Waals surface area contributed by atoms with Gasteiger partial charge >= 0.3 is 5.97 Å². The van der Waals surface area contributed by atoms with E-state index >= 15 is 0 Å². The number of nitro groups is 1. The molecule has 0 radical (unpaired) electrons. The van der Waals surface area contributed by atoms with Crippen molar-refractivity contribution < 1.29 is 18.9 Å². The van der Waals surface area contributed by atoms with Gasteiger partial charge in [0.05, 0.1) is 27.3 Å². The third-order valence-electron chi connectivity index (χ3n) is 5.96. The molecule has 0 N–H and O–H groups in total. The average Bonchev–Trinajstić information content (AvgIpc) is 3.48. The number of hydrogen-bond acceptors (Lipinski definition) is 8. The molecule has 38 heavy (non-hydrogen) atoms. The van der Waals surface area contributed by atoms with Gasteiger partial charge < -0.3 is 9.15 Å². The highest BCUT2D eigenvalue weighted by molar-refractivity contribution is 7.07. The summed E-state index contributed by atoms with van der Waals surface area (Å²) in [5, 5.41) is 11.5. The Hall–Kier alpha value is -4.28. The minimum atomic E-state index is -0.821. The number of furan rings is 1. The molecule has 0 spiro atoms. The molecular formula is C27H20ClN3O6S. The molecule has 2 aromatic carbocycles. The van der Waals surface area contributed by atoms with Crippen LogP contribution >= 0.6 is 22.9 Å². The van der Waals surface area contributed by atoms with Crippen molar-refractivity contribution in [1.82, 2.24) is 4.57 Å². The van der Waals surface area contributed by atoms with Crippen LogP contribution in [0.2, 0.25) is 5.02 Å². The number of rotatable bonds is 6. The molecule has 0 saturated heterocycles. The number of carbonyl (C=O) groups is 1. The highest BCUT2D eigenvalue weighted by Crippen LogP contribution is 2.34. The number of halogens is 1. The smallest absolute Gasteiger partial charge is 0.338 e. The topological polar surface area (TPSA) is 117 Å². The Morgan fingerprint density at radius 1 is 1.24 bits per heavy atom. The zero-order valence-corrected chi connectivity index (χ0v) is 21.8. The fourth-order valence-corrected chi connectivity index (χ4v) is 5.54. The highest BCUT2D eigenvalue weighted by atomic mass is 35.5. The quantitative estimate of drug-likeness (QED) is 0.197. The van der Waals surface area contributed by atoms with Crippen LogP contribution in [0.5, 0.6) is 0 Å². The zero-order chi connectivity index (χ0) is 27.0. The molecule has 0 bridgehead atoms. The van der Waals surface area contributed by atoms with E-state index in [0.29, 0.717) is 42.7 Å². The third-order valence-corrected chi connectivity index (χ3v) is 7.29. The Balaban J connectivity index is 1.63. The Kier molecular flexibility index (Phi) is 6.83. The van der Waals surface area contributed by atoms with Crippen LogP contribution in [0.4, 0.5) is 5.69 Å². The first kappa shape index (κ1) is 25.4. The van der Waals surface area contributed by atoms with Gasteiger partial charge in [-0.2, -0.15) is 0 Å². The number of thiazole rings is 1. The zero-order valence-electron chi connectivity index (χ0n) is 20.2. The normalized spacial score (nSPS) is 15.2. The molecule has 1 aliphatic heterocycles. The summed E-state index contributed by atoms with van der Waals surface area (Å²) in [6.45, 7) is 3.57. The van der Waals surface area contributed by atoms with Gasteiger partial charge in [0.1, 0.15) is 17.6 Å². The number of aromatic nitrogens is 1. The van der Waals surface area contributed by atoms with Crippen LogP contribution in [0.3, 0.4) is 0 Å². The molecule has 0 saturated carbocycles. The lowest BCUT2D eigenvalue weighted by Crippen LogP contribution is -2.40. The summed E-state index contributed by atoms with van der Waals surface area (Å²) < 4.78 is 13.0. The van der Waals surface area contributed by atoms with Crippen LogP contribution in [0.15, 0.2) is 86.1 Å². The van der Waals surface area contributed by atoms with Crippen molar-refractivity contribution in [3.63, 3.8) is 0 Å². The average molecular weight is 550 g/mol. The number of ether oxygens (including phenoxy) is 1. The molecule has 5 rings (SSSR count). The molecule has 3 heterocycles. The fourth-order valence-electron chi connectivity index (χ4n) is 4.27. The molecular weight excluding hydrogens is 530 g/mol. The van der Waals surface area contributed by atoms with Gasteiger partial charge in [0.25, 0.3) is 11.2 Å². The first-order valence-corrected chi connectivity index (χ1v) is 12.8. The van der Waals surface area contributed by atoms with Gasteiger partial charge in [-0.05, 0) is 37.6 Å². The summed E-state index contributed by atoms with van der Waals surface area (Å²) in [6.07, 6.45) is 1.58. The van der Waals surface area contributed by atoms with Gasteiger partial charge in [0.15, 0.2) is 4.80 Å². The summed E-state index contributed by atoms with van der Waals surface area (Å²) in [7, 11) is 0. The van der Waals surface area contributed by atoms with E-state index in [1.54, 1.807) is 68.5 Å². The van der Waals surface area contributed by atoms with Crippen molar-refractivity contribution >= 4 is 40.7 Å². The van der Waals surface area contributed by atoms with Crippen LogP contribution < -0.4 is 14.9 Å². The number of allylic oxidation sites excluding steroid dienone is 1. The van der Waals surface area contributed by atoms with Gasteiger partial charge in [-0.25, -0.2) is 9.79 Å². The molecule has 1 aliphatic rings. The standard InChI is InChI=1S/C27H20ClN3O6S/c1-3-36-26(33)23-15(2)29-27-30(24(23)19-9-4-5-10-20(19)28)25(32)22(38-27)14-18-11-12-21(37-18)16-7-6-8-17(13-16)31(34)35/h4-14,24H,3H2,1-2H3. The number of fused-ring (bicyclic) bond motifs is 1. The predicted octanol–water partition coefficient (Wildman–Crippen LogP) is 4.62. The van der Waals surface area contributed by atoms with E-state index < -0.39 is 16.9 Å². The molecule has 1 atom stereocenters. The first-order valence-electron chi connectivity index (χ1n) is 11.6. The molecule has 4 aromatic rings. The van der Waals surface area contributed by atoms with E-state index in [1.165, 1.54) is 16.7 Å². The Morgan fingerprint density at radius 3 is 2.76 bits per heavy atom. The number of hydrogen-bond donors (Lipinski definition) is 0. The molecule has 0 amide bonds. The monoisotopic (exact) mass is 549 g/mol. The number of nitrogens with zero attached hydrogens (tertiary/aromatic N) is 3. The van der Waals surface area contributed by atoms with Gasteiger partial charge in [-0.15, -0.1) is 0 Å². The van der Waals surface area contributed by atoms with E-state index in [-0.39, 0.29) is 23.4 Å². The molecule has 0 fully saturated rings. The second-order valence-electron chi connectivity index (χ2n) is 8.33. The van der Waals surface area contributed by atoms with E-state index in [0.717, 1.165) is 11.3 Å². The van der Waals surface area contributed by atoms with E-state index in [1.807, 2.05) is 0 Å². The Morgan fingerprint density at radius 2 is 2.03 bits per heavy atom. The summed E-state index contributed by atoms with van der Waals surface area (Å²) in [5.74, 6) is 0.232. The van der Waals surface area contributed by atoms with Gasteiger partial charge in [0, 0.05) is 28.8 Å². The molecule has 1 unspecified atom stereocenters. The van der Waals surface area contributed by atoms with Gasteiger partial charge in [0.2, 0.25) is 0 Å². The Bertz CT molecular complexity index is 1800. The summed E-state index contributed by atoms with van der Waals surface area (Å²) >= 11 is 7.67. The van der Waals surface area contributed by atoms with Gasteiger partial charge in [-0.3, -0.25) is 19.5 Å². The maximum Gasteiger partial charge on any atom is 0.338 e. The fraction of sp³-hybridized carbons (Fsp3) is 0.148. The lowest BCUT2D eigenvalue weighted by Gasteiger charge is -2.25. The van der Waals surface area contributed by atoms with Crippen LogP contribution in [-0.4, -0.2) is 22.1 Å². The Labute approximate surface area is 224 Å². The molecule has 2 aromatic heterocycles. The number of carbonyl (C=O) groups excluding carboxylic acids is 1. The summed E-state index contributed by atoms with van der Waals surface area (Å²) in [6, 6.07) is 15.6. The highest BCUT2D eigenvalue weighted by Gasteiger charge is 2.34. The van der Waals surface area contributed by atoms with Crippen LogP contribution in [-0.2, 0) is 9.53 Å². The first-order chi connectivity index (χ1) is 18.3. The maximum absolute atomic E-state index is 13.7. The van der Waals surface area contributed by atoms with Crippen molar-refractivity contribution in [3.05, 3.63) is 118 Å². The van der Waals surface area contributed by atoms with Crippen molar-refractivity contribution in [2.75, 3.05) is 6.61 Å². The van der Waals surface area contributed by atoms with Crippen LogP contribution in [0.25, 0.3) is 17.4 Å². The number of benzene rings is 2. The molecule has 9 nitrogen and oxygen atoms in total. The van der Waals surface area contributed by atoms with Crippen molar-refractivity contribution in [2.24, 2.45) is 4.99 Å². The van der Waals surface area contributed by atoms with E-state index in [9.17, 15) is 19.7 Å². The molecule has 192 valence electrons. The number of esters is 1. The molecule has 0 aliphatic carbocycles. The largest absolute Gasteiger partial charge is 0.463 e. The van der Waals surface area contributed by atoms with Crippen molar-refractivity contribution in [3.8, 4) is 11.3 Å². The molecule has 11 heteroatoms. The van der Waals surface area contributed by atoms with E-state index in [4.69, 9.17) is 20.8 Å². The summed E-state index contributed by atoms with van der Waals surface area (Å²) in [4.78, 5) is 42.2. The maximum atomic E-state index is 13.7.